The highest BCUT2D eigenvalue weighted by atomic mass is 35.5. The molecule has 1 aliphatic rings. The number of hydrazine groups is 1. The van der Waals surface area contributed by atoms with Gasteiger partial charge < -0.3 is 5.32 Å². The molecule has 6 heteroatoms. The lowest BCUT2D eigenvalue weighted by Gasteiger charge is -2.29. The fraction of sp³-hybridized carbons (Fsp3) is 0.158. The van der Waals surface area contributed by atoms with Crippen molar-refractivity contribution in [3.8, 4) is 0 Å². The maximum Gasteiger partial charge on any atom is 0.273 e. The van der Waals surface area contributed by atoms with Gasteiger partial charge in [0.2, 0.25) is 5.91 Å². The fourth-order valence-corrected chi connectivity index (χ4v) is 2.75. The number of nitrogens with zero attached hydrogens (tertiary/aromatic N) is 1. The highest BCUT2D eigenvalue weighted by molar-refractivity contribution is 6.31. The van der Waals surface area contributed by atoms with Crippen molar-refractivity contribution in [1.82, 2.24) is 5.43 Å². The Bertz CT molecular complexity index is 877. The number of rotatable bonds is 3. The second kappa shape index (κ2) is 6.99. The average Bonchev–Trinajstić information content (AvgIpc) is 2.59. The van der Waals surface area contributed by atoms with E-state index in [2.05, 4.69) is 10.7 Å². The number of hydrogen-bond acceptors (Lipinski definition) is 3. The molecule has 2 aromatic carbocycles. The molecule has 0 atom stereocenters. The molecule has 1 heterocycles. The largest absolute Gasteiger partial charge is 0.320 e. The lowest BCUT2D eigenvalue weighted by atomic mass is 10.1. The molecule has 0 spiro atoms. The molecule has 0 aliphatic carbocycles. The van der Waals surface area contributed by atoms with Gasteiger partial charge in [0.05, 0.1) is 5.69 Å². The summed E-state index contributed by atoms with van der Waals surface area (Å²) < 4.78 is 0. The van der Waals surface area contributed by atoms with Crippen molar-refractivity contribution in [3.63, 3.8) is 0 Å². The van der Waals surface area contributed by atoms with Crippen LogP contribution in [0.2, 0.25) is 5.02 Å². The third-order valence-corrected chi connectivity index (χ3v) is 4.25. The second-order valence-corrected chi connectivity index (χ2v) is 6.30. The zero-order valence-corrected chi connectivity index (χ0v) is 14.7. The number of anilines is 2. The molecule has 25 heavy (non-hydrogen) atoms. The molecule has 3 rings (SSSR count). The molecule has 2 aromatic rings. The van der Waals surface area contributed by atoms with Crippen LogP contribution in [0.25, 0.3) is 0 Å². The summed E-state index contributed by atoms with van der Waals surface area (Å²) in [6.45, 7) is 3.80. The van der Waals surface area contributed by atoms with Crippen molar-refractivity contribution in [2.24, 2.45) is 0 Å². The Balaban J connectivity index is 1.81. The minimum Gasteiger partial charge on any atom is -0.320 e. The third-order valence-electron chi connectivity index (χ3n) is 4.01. The molecule has 2 N–H and O–H groups in total. The molecule has 1 aliphatic heterocycles. The van der Waals surface area contributed by atoms with Crippen molar-refractivity contribution in [3.05, 3.63) is 70.4 Å². The lowest BCUT2D eigenvalue weighted by Crippen LogP contribution is -2.48. The van der Waals surface area contributed by atoms with Gasteiger partial charge in [-0.2, -0.15) is 0 Å². The summed E-state index contributed by atoms with van der Waals surface area (Å²) >= 11 is 5.99. The Kier molecular flexibility index (Phi) is 4.76. The Morgan fingerprint density at radius 3 is 2.68 bits per heavy atom. The number of amides is 2. The van der Waals surface area contributed by atoms with Crippen LogP contribution < -0.4 is 15.8 Å². The van der Waals surface area contributed by atoms with Crippen LogP contribution in [0.4, 0.5) is 11.4 Å². The van der Waals surface area contributed by atoms with Gasteiger partial charge in [0, 0.05) is 17.1 Å². The Hall–Kier alpha value is -2.79. The quantitative estimate of drug-likeness (QED) is 0.882. The molecule has 0 unspecified atom stereocenters. The number of nitrogens with one attached hydrogen (secondary N) is 2. The van der Waals surface area contributed by atoms with Gasteiger partial charge in [0.25, 0.3) is 5.91 Å². The van der Waals surface area contributed by atoms with E-state index in [1.807, 2.05) is 44.2 Å². The van der Waals surface area contributed by atoms with E-state index in [1.165, 1.54) is 5.01 Å². The van der Waals surface area contributed by atoms with Gasteiger partial charge in [-0.15, -0.1) is 0 Å². The normalized spacial score (nSPS) is 14.0. The maximum absolute atomic E-state index is 12.6. The van der Waals surface area contributed by atoms with Gasteiger partial charge in [-0.05, 0) is 49.2 Å². The van der Waals surface area contributed by atoms with E-state index in [-0.39, 0.29) is 18.2 Å². The van der Waals surface area contributed by atoms with E-state index in [4.69, 9.17) is 11.6 Å². The highest BCUT2D eigenvalue weighted by Gasteiger charge is 2.25. The van der Waals surface area contributed by atoms with Crippen LogP contribution in [0.3, 0.4) is 0 Å². The van der Waals surface area contributed by atoms with Crippen LogP contribution in [0.5, 0.6) is 0 Å². The Labute approximate surface area is 151 Å². The second-order valence-electron chi connectivity index (χ2n) is 5.86. The van der Waals surface area contributed by atoms with Crippen molar-refractivity contribution >= 4 is 34.8 Å². The first-order valence-corrected chi connectivity index (χ1v) is 8.26. The van der Waals surface area contributed by atoms with E-state index in [0.29, 0.717) is 16.4 Å². The fourth-order valence-electron chi connectivity index (χ4n) is 2.58. The van der Waals surface area contributed by atoms with E-state index in [0.717, 1.165) is 16.8 Å². The SMILES string of the molecule is Cc1ccc(Cl)cc1NC(=O)C1=CCC(=O)N(c2ccccc2C)N1. The Morgan fingerprint density at radius 1 is 1.16 bits per heavy atom. The number of hydrogen-bond donors (Lipinski definition) is 2. The first-order valence-electron chi connectivity index (χ1n) is 7.88. The molecule has 0 fully saturated rings. The topological polar surface area (TPSA) is 61.4 Å². The lowest BCUT2D eigenvalue weighted by molar-refractivity contribution is -0.119. The van der Waals surface area contributed by atoms with Crippen LogP contribution in [-0.4, -0.2) is 11.8 Å². The maximum atomic E-state index is 12.6. The van der Waals surface area contributed by atoms with Crippen molar-refractivity contribution < 1.29 is 9.59 Å². The van der Waals surface area contributed by atoms with Gasteiger partial charge in [-0.3, -0.25) is 15.0 Å². The summed E-state index contributed by atoms with van der Waals surface area (Å²) in [7, 11) is 0. The molecule has 5 nitrogen and oxygen atoms in total. The third kappa shape index (κ3) is 3.67. The molecule has 128 valence electrons. The minimum atomic E-state index is -0.323. The summed E-state index contributed by atoms with van der Waals surface area (Å²) in [5.41, 5.74) is 6.45. The first-order chi connectivity index (χ1) is 12.0. The molecular formula is C19H18ClN3O2. The molecular weight excluding hydrogens is 338 g/mol. The Morgan fingerprint density at radius 2 is 1.92 bits per heavy atom. The molecule has 0 saturated carbocycles. The summed E-state index contributed by atoms with van der Waals surface area (Å²) in [6, 6.07) is 12.8. The van der Waals surface area contributed by atoms with E-state index in [9.17, 15) is 9.59 Å². The molecule has 0 aromatic heterocycles. The van der Waals surface area contributed by atoms with Gasteiger partial charge >= 0.3 is 0 Å². The summed E-state index contributed by atoms with van der Waals surface area (Å²) in [5.74, 6) is -0.443. The standard InChI is InChI=1S/C19H18ClN3O2/c1-12-7-8-14(20)11-16(12)21-19(25)15-9-10-18(24)23(22-15)17-6-4-3-5-13(17)2/h3-9,11,22H,10H2,1-2H3,(H,21,25). The predicted octanol–water partition coefficient (Wildman–Crippen LogP) is 3.72. The number of para-hydroxylation sites is 1. The van der Waals surface area contributed by atoms with Crippen molar-refractivity contribution in [2.45, 2.75) is 20.3 Å². The summed E-state index contributed by atoms with van der Waals surface area (Å²) in [5, 5.41) is 4.79. The first kappa shape index (κ1) is 17.0. The van der Waals surface area contributed by atoms with Gasteiger partial charge in [0.15, 0.2) is 0 Å². The van der Waals surface area contributed by atoms with E-state index >= 15 is 0 Å². The van der Waals surface area contributed by atoms with E-state index in [1.54, 1.807) is 18.2 Å². The number of aryl methyl sites for hydroxylation is 2. The molecule has 0 bridgehead atoms. The average molecular weight is 356 g/mol. The van der Waals surface area contributed by atoms with Crippen LogP contribution in [0, 0.1) is 13.8 Å². The molecule has 2 amide bonds. The molecule has 0 saturated heterocycles. The monoisotopic (exact) mass is 355 g/mol. The number of carbonyl (C=O) groups excluding carboxylic acids is 2. The van der Waals surface area contributed by atoms with E-state index < -0.39 is 0 Å². The number of benzene rings is 2. The van der Waals surface area contributed by atoms with Crippen molar-refractivity contribution in [1.29, 1.82) is 0 Å². The van der Waals surface area contributed by atoms with Gasteiger partial charge in [0.1, 0.15) is 5.70 Å². The van der Waals surface area contributed by atoms with Gasteiger partial charge in [-0.1, -0.05) is 35.9 Å². The van der Waals surface area contributed by atoms with Gasteiger partial charge in [-0.25, -0.2) is 5.01 Å². The summed E-state index contributed by atoms with van der Waals surface area (Å²) in [6.07, 6.45) is 1.74. The number of carbonyl (C=O) groups is 2. The van der Waals surface area contributed by atoms with Crippen LogP contribution in [-0.2, 0) is 9.59 Å². The number of halogens is 1. The molecule has 0 radical (unpaired) electrons. The zero-order chi connectivity index (χ0) is 18.0. The van der Waals surface area contributed by atoms with Crippen LogP contribution >= 0.6 is 11.6 Å². The minimum absolute atomic E-state index is 0.121. The predicted molar refractivity (Wildman–Crippen MR) is 99.3 cm³/mol. The summed E-state index contributed by atoms with van der Waals surface area (Å²) in [4.78, 5) is 24.8. The highest BCUT2D eigenvalue weighted by Crippen LogP contribution is 2.23. The smallest absolute Gasteiger partial charge is 0.273 e. The zero-order valence-electron chi connectivity index (χ0n) is 14.0. The van der Waals surface area contributed by atoms with Crippen LogP contribution in [0.1, 0.15) is 17.5 Å². The van der Waals surface area contributed by atoms with Crippen LogP contribution in [0.15, 0.2) is 54.2 Å². The van der Waals surface area contributed by atoms with Crippen molar-refractivity contribution in [2.75, 3.05) is 10.3 Å².